The number of alkyl halides is 6. The summed E-state index contributed by atoms with van der Waals surface area (Å²) in [4.78, 5) is 50.2. The lowest BCUT2D eigenvalue weighted by atomic mass is 9.81. The van der Waals surface area contributed by atoms with Crippen molar-refractivity contribution in [2.75, 3.05) is 6.54 Å². The van der Waals surface area contributed by atoms with Gasteiger partial charge in [-0.05, 0) is 60.2 Å². The summed E-state index contributed by atoms with van der Waals surface area (Å²) >= 11 is 0. The van der Waals surface area contributed by atoms with Crippen molar-refractivity contribution in [3.05, 3.63) is 106 Å². The summed E-state index contributed by atoms with van der Waals surface area (Å²) in [6.07, 6.45) is -6.03. The second-order valence-electron chi connectivity index (χ2n) is 11.3. The third kappa shape index (κ3) is 8.82. The first-order valence-electron chi connectivity index (χ1n) is 14.7. The van der Waals surface area contributed by atoms with Crippen LogP contribution in [0.3, 0.4) is 0 Å². The predicted molar refractivity (Wildman–Crippen MR) is 156 cm³/mol. The molecule has 0 radical (unpaired) electrons. The monoisotopic (exact) mass is 647 g/mol. The predicted octanol–water partition coefficient (Wildman–Crippen LogP) is 8.22. The van der Waals surface area contributed by atoms with Crippen LogP contribution in [-0.4, -0.2) is 35.1 Å². The zero-order valence-electron chi connectivity index (χ0n) is 24.5. The van der Waals surface area contributed by atoms with Gasteiger partial charge in [0.25, 0.3) is 5.91 Å². The number of carbonyl (C=O) groups excluding carboxylic acids is 3. The van der Waals surface area contributed by atoms with E-state index in [1.807, 2.05) is 12.1 Å². The normalized spacial score (nSPS) is 14.8. The Hall–Kier alpha value is -4.48. The number of aliphatic carboxylic acids is 1. The van der Waals surface area contributed by atoms with Crippen LogP contribution in [-0.2, 0) is 17.1 Å². The van der Waals surface area contributed by atoms with E-state index < -0.39 is 64.8 Å². The number of ketones is 2. The van der Waals surface area contributed by atoms with E-state index in [1.54, 1.807) is 12.1 Å². The SMILES string of the molecule is O=C(O)CCNC(=O)c1ccc(C(=O)[C@H](CC(=O)c2cc(C(F)(F)F)cc(C(F)(F)F)c2)c2ccc(C3CCCCC3)cc2)cc1. The number of hydrogen-bond donors (Lipinski definition) is 2. The van der Waals surface area contributed by atoms with Gasteiger partial charge in [0.2, 0.25) is 0 Å². The number of carboxylic acids is 1. The van der Waals surface area contributed by atoms with Crippen molar-refractivity contribution in [3.63, 3.8) is 0 Å². The van der Waals surface area contributed by atoms with E-state index in [0.29, 0.717) is 23.6 Å². The summed E-state index contributed by atoms with van der Waals surface area (Å²) in [7, 11) is 0. The van der Waals surface area contributed by atoms with Crippen molar-refractivity contribution in [1.82, 2.24) is 5.32 Å². The van der Waals surface area contributed by atoms with Crippen LogP contribution in [0, 0.1) is 0 Å². The highest BCUT2D eigenvalue weighted by molar-refractivity contribution is 6.06. The summed E-state index contributed by atoms with van der Waals surface area (Å²) in [5.74, 6) is -4.34. The fraction of sp³-hybridized carbons (Fsp3) is 0.353. The van der Waals surface area contributed by atoms with Gasteiger partial charge in [0.1, 0.15) is 0 Å². The standard InChI is InChI=1S/C34H31F6NO5/c35-33(36,37)26-16-25(17-27(18-26)34(38,39)40)29(42)19-28(22-8-6-21(7-9-22)20-4-2-1-3-5-20)31(45)23-10-12-24(13-11-23)32(46)41-15-14-30(43)44/h6-13,16-18,20,28H,1-5,14-15,19H2,(H,41,46)(H,43,44)/t28-/m1/s1. The molecule has 1 saturated carbocycles. The summed E-state index contributed by atoms with van der Waals surface area (Å²) in [5, 5.41) is 11.2. The second-order valence-corrected chi connectivity index (χ2v) is 11.3. The van der Waals surface area contributed by atoms with Crippen LogP contribution in [0.5, 0.6) is 0 Å². The number of hydrogen-bond acceptors (Lipinski definition) is 4. The fourth-order valence-corrected chi connectivity index (χ4v) is 5.59. The van der Waals surface area contributed by atoms with Gasteiger partial charge < -0.3 is 10.4 Å². The van der Waals surface area contributed by atoms with Crippen molar-refractivity contribution in [1.29, 1.82) is 0 Å². The number of nitrogens with one attached hydrogen (secondary N) is 1. The molecule has 1 atom stereocenters. The summed E-state index contributed by atoms with van der Waals surface area (Å²) in [5.41, 5.74) is -2.54. The second kappa shape index (κ2) is 14.3. The third-order valence-electron chi connectivity index (χ3n) is 8.09. The molecular formula is C34H31F6NO5. The topological polar surface area (TPSA) is 101 Å². The molecule has 1 aliphatic rings. The molecule has 244 valence electrons. The van der Waals surface area contributed by atoms with Crippen LogP contribution in [0.25, 0.3) is 0 Å². The van der Waals surface area contributed by atoms with Crippen LogP contribution in [0.4, 0.5) is 26.3 Å². The molecule has 12 heteroatoms. The van der Waals surface area contributed by atoms with Crippen molar-refractivity contribution < 1.29 is 50.6 Å². The molecule has 6 nitrogen and oxygen atoms in total. The highest BCUT2D eigenvalue weighted by Crippen LogP contribution is 2.38. The van der Waals surface area contributed by atoms with Gasteiger partial charge in [-0.2, -0.15) is 26.3 Å². The Morgan fingerprint density at radius 1 is 0.739 bits per heavy atom. The molecule has 1 aliphatic carbocycles. The molecule has 4 rings (SSSR count). The number of carboxylic acid groups (broad SMARTS) is 1. The Morgan fingerprint density at radius 3 is 1.80 bits per heavy atom. The summed E-state index contributed by atoms with van der Waals surface area (Å²) < 4.78 is 80.8. The first-order valence-corrected chi connectivity index (χ1v) is 14.7. The van der Waals surface area contributed by atoms with Crippen LogP contribution >= 0.6 is 0 Å². The maximum atomic E-state index is 13.8. The van der Waals surface area contributed by atoms with Gasteiger partial charge in [0.05, 0.1) is 23.5 Å². The largest absolute Gasteiger partial charge is 0.481 e. The van der Waals surface area contributed by atoms with Gasteiger partial charge in [-0.25, -0.2) is 0 Å². The highest BCUT2D eigenvalue weighted by atomic mass is 19.4. The molecular weight excluding hydrogens is 616 g/mol. The molecule has 0 heterocycles. The van der Waals surface area contributed by atoms with Gasteiger partial charge in [-0.1, -0.05) is 55.7 Å². The van der Waals surface area contributed by atoms with Crippen LogP contribution in [0.2, 0.25) is 0 Å². The van der Waals surface area contributed by atoms with E-state index in [2.05, 4.69) is 5.32 Å². The average Bonchev–Trinajstić information content (AvgIpc) is 3.02. The summed E-state index contributed by atoms with van der Waals surface area (Å²) in [6.45, 7) is -0.124. The number of benzene rings is 3. The Kier molecular flexibility index (Phi) is 10.7. The Balaban J connectivity index is 1.66. The van der Waals surface area contributed by atoms with Gasteiger partial charge in [-0.3, -0.25) is 19.2 Å². The van der Waals surface area contributed by atoms with Gasteiger partial charge in [-0.15, -0.1) is 0 Å². The zero-order valence-corrected chi connectivity index (χ0v) is 24.5. The van der Waals surface area contributed by atoms with Gasteiger partial charge >= 0.3 is 18.3 Å². The zero-order chi connectivity index (χ0) is 33.6. The number of amides is 1. The molecule has 46 heavy (non-hydrogen) atoms. The molecule has 1 fully saturated rings. The highest BCUT2D eigenvalue weighted by Gasteiger charge is 2.38. The van der Waals surface area contributed by atoms with Crippen molar-refractivity contribution in [3.8, 4) is 0 Å². The Morgan fingerprint density at radius 2 is 1.28 bits per heavy atom. The van der Waals surface area contributed by atoms with Crippen molar-refractivity contribution >= 4 is 23.4 Å². The molecule has 0 bridgehead atoms. The lowest BCUT2D eigenvalue weighted by Gasteiger charge is -2.23. The Bertz CT molecular complexity index is 1540. The summed E-state index contributed by atoms with van der Waals surface area (Å²) in [6, 6.07) is 12.8. The fourth-order valence-electron chi connectivity index (χ4n) is 5.59. The average molecular weight is 648 g/mol. The smallest absolute Gasteiger partial charge is 0.416 e. The first-order chi connectivity index (χ1) is 21.6. The third-order valence-corrected chi connectivity index (χ3v) is 8.09. The molecule has 3 aromatic rings. The molecule has 0 unspecified atom stereocenters. The van der Waals surface area contributed by atoms with E-state index in [4.69, 9.17) is 5.11 Å². The number of Topliss-reactive ketones (excluding diaryl/α,β-unsaturated/α-hetero) is 2. The van der Waals surface area contributed by atoms with Gasteiger partial charge in [0, 0.05) is 29.7 Å². The van der Waals surface area contributed by atoms with Crippen LogP contribution in [0.15, 0.2) is 66.7 Å². The number of halogens is 6. The van der Waals surface area contributed by atoms with E-state index in [1.165, 1.54) is 24.3 Å². The molecule has 1 amide bonds. The van der Waals surface area contributed by atoms with Crippen LogP contribution < -0.4 is 5.32 Å². The lowest BCUT2D eigenvalue weighted by molar-refractivity contribution is -0.143. The van der Waals surface area contributed by atoms with Crippen LogP contribution in [0.1, 0.15) is 110 Å². The quantitative estimate of drug-likeness (QED) is 0.161. The van der Waals surface area contributed by atoms with Crippen molar-refractivity contribution in [2.45, 2.75) is 69.1 Å². The number of rotatable bonds is 11. The molecule has 3 aromatic carbocycles. The molecule has 0 aliphatic heterocycles. The first kappa shape index (κ1) is 34.4. The minimum absolute atomic E-state index is 0.0521. The maximum Gasteiger partial charge on any atom is 0.416 e. The lowest BCUT2D eigenvalue weighted by Crippen LogP contribution is -2.26. The Labute approximate surface area is 260 Å². The molecule has 0 spiro atoms. The number of carbonyl (C=O) groups is 4. The van der Waals surface area contributed by atoms with E-state index in [-0.39, 0.29) is 30.2 Å². The van der Waals surface area contributed by atoms with E-state index in [0.717, 1.165) is 37.7 Å². The molecule has 0 aromatic heterocycles. The molecule has 0 saturated heterocycles. The van der Waals surface area contributed by atoms with E-state index >= 15 is 0 Å². The van der Waals surface area contributed by atoms with Crippen molar-refractivity contribution in [2.24, 2.45) is 0 Å². The minimum atomic E-state index is -5.15. The molecule has 2 N–H and O–H groups in total. The van der Waals surface area contributed by atoms with Gasteiger partial charge in [0.15, 0.2) is 11.6 Å². The minimum Gasteiger partial charge on any atom is -0.481 e. The van der Waals surface area contributed by atoms with E-state index in [9.17, 15) is 45.5 Å². The maximum absolute atomic E-state index is 13.8.